The van der Waals surface area contributed by atoms with Crippen molar-refractivity contribution < 1.29 is 9.90 Å². The van der Waals surface area contributed by atoms with E-state index in [-0.39, 0.29) is 11.7 Å². The third-order valence-corrected chi connectivity index (χ3v) is 6.04. The molecule has 1 aliphatic rings. The Balaban J connectivity index is 1.78. The van der Waals surface area contributed by atoms with Crippen LogP contribution in [0.1, 0.15) is 22.7 Å². The molecule has 0 bridgehead atoms. The molecule has 1 aliphatic heterocycles. The first-order chi connectivity index (χ1) is 14.1. The Bertz CT molecular complexity index is 1060. The molecule has 1 heterocycles. The minimum atomic E-state index is -0.413. The molecule has 1 N–H and O–H groups in total. The minimum absolute atomic E-state index is 0.207. The molecule has 1 atom stereocenters. The first-order valence-corrected chi connectivity index (χ1v) is 10.9. The Labute approximate surface area is 179 Å². The second-order valence-corrected chi connectivity index (χ2v) is 8.18. The summed E-state index contributed by atoms with van der Waals surface area (Å²) in [5.74, 6) is -0.579. The maximum absolute atomic E-state index is 13.1. The summed E-state index contributed by atoms with van der Waals surface area (Å²) in [5, 5.41) is 11.4. The molecule has 146 valence electrons. The van der Waals surface area contributed by atoms with Crippen molar-refractivity contribution >= 4 is 34.8 Å². The molecule has 0 unspecified atom stereocenters. The summed E-state index contributed by atoms with van der Waals surface area (Å²) in [7, 11) is 0. The molecule has 4 rings (SSSR count). The molecule has 3 nitrogen and oxygen atoms in total. The topological polar surface area (TPSA) is 40.5 Å². The molecule has 0 radical (unpaired) electrons. The number of nitrogens with zero attached hydrogens (tertiary/aromatic N) is 1. The third-order valence-electron chi connectivity index (χ3n) is 5.06. The molecule has 0 aromatic heterocycles. The van der Waals surface area contributed by atoms with Gasteiger partial charge in [-0.3, -0.25) is 4.79 Å². The second kappa shape index (κ2) is 8.36. The number of benzene rings is 3. The van der Waals surface area contributed by atoms with E-state index in [0.717, 1.165) is 16.7 Å². The van der Waals surface area contributed by atoms with Crippen LogP contribution < -0.4 is 0 Å². The fraction of sp³-hybridized carbons (Fsp3) is 0.125. The van der Waals surface area contributed by atoms with E-state index in [1.165, 1.54) is 4.90 Å². The van der Waals surface area contributed by atoms with Crippen molar-refractivity contribution in [3.63, 3.8) is 0 Å². The summed E-state index contributed by atoms with van der Waals surface area (Å²) >= 11 is 7.92. The lowest BCUT2D eigenvalue weighted by Gasteiger charge is -2.27. The lowest BCUT2D eigenvalue weighted by molar-refractivity contribution is -0.130. The predicted octanol–water partition coefficient (Wildman–Crippen LogP) is 6.11. The van der Waals surface area contributed by atoms with Crippen molar-refractivity contribution in [2.75, 3.05) is 6.26 Å². The van der Waals surface area contributed by atoms with Gasteiger partial charge in [0.05, 0.1) is 6.04 Å². The number of carbonyl (C=O) groups excluding carboxylic acids is 1. The van der Waals surface area contributed by atoms with Gasteiger partial charge in [0.15, 0.2) is 5.76 Å². The average molecular weight is 422 g/mol. The van der Waals surface area contributed by atoms with Crippen molar-refractivity contribution in [3.8, 4) is 0 Å². The van der Waals surface area contributed by atoms with E-state index in [1.807, 2.05) is 79.1 Å². The number of hydrogen-bond donors (Lipinski definition) is 1. The van der Waals surface area contributed by atoms with Crippen molar-refractivity contribution in [1.82, 2.24) is 4.90 Å². The van der Waals surface area contributed by atoms with E-state index in [0.29, 0.717) is 17.1 Å². The highest BCUT2D eigenvalue weighted by atomic mass is 35.5. The second-order valence-electron chi connectivity index (χ2n) is 6.87. The van der Waals surface area contributed by atoms with Crippen LogP contribution in [0.3, 0.4) is 0 Å². The molecule has 0 fully saturated rings. The van der Waals surface area contributed by atoms with E-state index >= 15 is 0 Å². The number of carbonyl (C=O) groups is 1. The van der Waals surface area contributed by atoms with Gasteiger partial charge >= 0.3 is 0 Å². The van der Waals surface area contributed by atoms with E-state index in [9.17, 15) is 9.90 Å². The smallest absolute Gasteiger partial charge is 0.290 e. The van der Waals surface area contributed by atoms with Gasteiger partial charge in [0, 0.05) is 22.0 Å². The summed E-state index contributed by atoms with van der Waals surface area (Å²) in [6.45, 7) is 0.394. The summed E-state index contributed by atoms with van der Waals surface area (Å²) in [6, 6.07) is 24.7. The Hall–Kier alpha value is -2.69. The summed E-state index contributed by atoms with van der Waals surface area (Å²) in [4.78, 5) is 15.9. The fourth-order valence-electron chi connectivity index (χ4n) is 3.68. The summed E-state index contributed by atoms with van der Waals surface area (Å²) in [6.07, 6.45) is 2.03. The van der Waals surface area contributed by atoms with Crippen molar-refractivity contribution in [2.45, 2.75) is 17.5 Å². The van der Waals surface area contributed by atoms with Crippen LogP contribution in [0.25, 0.3) is 5.57 Å². The molecule has 0 spiro atoms. The summed E-state index contributed by atoms with van der Waals surface area (Å²) < 4.78 is 0. The molecular weight excluding hydrogens is 402 g/mol. The zero-order valence-corrected chi connectivity index (χ0v) is 17.5. The van der Waals surface area contributed by atoms with Crippen LogP contribution in [-0.2, 0) is 11.3 Å². The van der Waals surface area contributed by atoms with Crippen LogP contribution in [0.4, 0.5) is 0 Å². The third kappa shape index (κ3) is 3.91. The number of aliphatic hydroxyl groups is 1. The SMILES string of the molecule is CSc1ccc(CN2C(=O)C(O)=C(c3ccccc3)[C@H]2c2cccc(Cl)c2)cc1. The molecule has 29 heavy (non-hydrogen) atoms. The summed E-state index contributed by atoms with van der Waals surface area (Å²) in [5.41, 5.74) is 3.31. The van der Waals surface area contributed by atoms with Gasteiger partial charge in [0.2, 0.25) is 0 Å². The predicted molar refractivity (Wildman–Crippen MR) is 119 cm³/mol. The highest BCUT2D eigenvalue weighted by Gasteiger charge is 2.41. The molecule has 0 aliphatic carbocycles. The number of aliphatic hydroxyl groups excluding tert-OH is 1. The standard InChI is InChI=1S/C24H20ClNO2S/c1-29-20-12-10-16(11-13-20)15-26-22(18-8-5-9-19(25)14-18)21(23(27)24(26)28)17-6-3-2-4-7-17/h2-14,22,27H,15H2,1H3/t22-/m1/s1. The lowest BCUT2D eigenvalue weighted by atomic mass is 9.93. The number of halogens is 1. The quantitative estimate of drug-likeness (QED) is 0.505. The Kier molecular flexibility index (Phi) is 5.65. The van der Waals surface area contributed by atoms with Crippen LogP contribution in [0.5, 0.6) is 0 Å². The fourth-order valence-corrected chi connectivity index (χ4v) is 4.29. The highest BCUT2D eigenvalue weighted by Crippen LogP contribution is 2.44. The van der Waals surface area contributed by atoms with Gasteiger partial charge in [-0.1, -0.05) is 66.2 Å². The van der Waals surface area contributed by atoms with Gasteiger partial charge < -0.3 is 10.0 Å². The van der Waals surface area contributed by atoms with Crippen LogP contribution in [-0.4, -0.2) is 22.2 Å². The number of thioether (sulfide) groups is 1. The zero-order valence-electron chi connectivity index (χ0n) is 15.9. The maximum atomic E-state index is 13.1. The molecule has 0 saturated carbocycles. The number of rotatable bonds is 5. The van der Waals surface area contributed by atoms with Crippen molar-refractivity contribution in [1.29, 1.82) is 0 Å². The Morgan fingerprint density at radius 3 is 2.38 bits per heavy atom. The Morgan fingerprint density at radius 2 is 1.72 bits per heavy atom. The van der Waals surface area contributed by atoms with Crippen LogP contribution in [0, 0.1) is 0 Å². The van der Waals surface area contributed by atoms with Gasteiger partial charge in [0.1, 0.15) is 0 Å². The molecular formula is C24H20ClNO2S. The largest absolute Gasteiger partial charge is 0.503 e. The Morgan fingerprint density at radius 1 is 1.00 bits per heavy atom. The number of hydrogen-bond acceptors (Lipinski definition) is 3. The van der Waals surface area contributed by atoms with E-state index in [1.54, 1.807) is 22.7 Å². The normalized spacial score (nSPS) is 16.6. The van der Waals surface area contributed by atoms with Gasteiger partial charge in [-0.15, -0.1) is 11.8 Å². The molecule has 1 amide bonds. The van der Waals surface area contributed by atoms with Crippen molar-refractivity contribution in [3.05, 3.63) is 106 Å². The highest BCUT2D eigenvalue weighted by molar-refractivity contribution is 7.98. The molecule has 3 aromatic rings. The first-order valence-electron chi connectivity index (χ1n) is 9.26. The zero-order chi connectivity index (χ0) is 20.4. The van der Waals surface area contributed by atoms with Crippen LogP contribution in [0.2, 0.25) is 5.02 Å². The minimum Gasteiger partial charge on any atom is -0.503 e. The van der Waals surface area contributed by atoms with Gasteiger partial charge in [-0.05, 0) is 47.2 Å². The first kappa shape index (κ1) is 19.6. The maximum Gasteiger partial charge on any atom is 0.290 e. The van der Waals surface area contributed by atoms with E-state index in [4.69, 9.17) is 11.6 Å². The molecule has 5 heteroatoms. The molecule has 3 aromatic carbocycles. The van der Waals surface area contributed by atoms with E-state index < -0.39 is 6.04 Å². The monoisotopic (exact) mass is 421 g/mol. The number of amides is 1. The van der Waals surface area contributed by atoms with Gasteiger partial charge in [0.25, 0.3) is 5.91 Å². The van der Waals surface area contributed by atoms with Crippen LogP contribution >= 0.6 is 23.4 Å². The lowest BCUT2D eigenvalue weighted by Crippen LogP contribution is -2.29. The van der Waals surface area contributed by atoms with Gasteiger partial charge in [-0.25, -0.2) is 0 Å². The van der Waals surface area contributed by atoms with Crippen molar-refractivity contribution in [2.24, 2.45) is 0 Å². The van der Waals surface area contributed by atoms with Gasteiger partial charge in [-0.2, -0.15) is 0 Å². The average Bonchev–Trinajstić information content (AvgIpc) is 3.00. The van der Waals surface area contributed by atoms with E-state index in [2.05, 4.69) is 0 Å². The van der Waals surface area contributed by atoms with Crippen LogP contribution in [0.15, 0.2) is 89.5 Å². The molecule has 0 saturated heterocycles.